The van der Waals surface area contributed by atoms with E-state index in [4.69, 9.17) is 4.74 Å². The summed E-state index contributed by atoms with van der Waals surface area (Å²) in [6.45, 7) is 3.35. The van der Waals surface area contributed by atoms with Gasteiger partial charge in [-0.25, -0.2) is 0 Å². The van der Waals surface area contributed by atoms with Gasteiger partial charge in [0, 0.05) is 10.5 Å². The molecule has 0 radical (unpaired) electrons. The van der Waals surface area contributed by atoms with Crippen molar-refractivity contribution in [3.05, 3.63) is 0 Å². The monoisotopic (exact) mass is 294 g/mol. The summed E-state index contributed by atoms with van der Waals surface area (Å²) in [5.74, 6) is 1.80. The van der Waals surface area contributed by atoms with Crippen LogP contribution in [0.4, 0.5) is 0 Å². The van der Waals surface area contributed by atoms with Crippen molar-refractivity contribution in [3.8, 4) is 0 Å². The smallest absolute Gasteiger partial charge is 0.0692 e. The SMILES string of the molecule is CC(COC1CCCC1I)C1CC1. The van der Waals surface area contributed by atoms with E-state index in [1.54, 1.807) is 0 Å². The lowest BCUT2D eigenvalue weighted by atomic mass is 10.1. The van der Waals surface area contributed by atoms with Crippen LogP contribution in [0.25, 0.3) is 0 Å². The minimum atomic E-state index is 0.571. The summed E-state index contributed by atoms with van der Waals surface area (Å²) in [4.78, 5) is 0. The number of alkyl halides is 1. The lowest BCUT2D eigenvalue weighted by Crippen LogP contribution is -2.21. The van der Waals surface area contributed by atoms with Crippen molar-refractivity contribution in [2.75, 3.05) is 6.61 Å². The maximum absolute atomic E-state index is 5.97. The van der Waals surface area contributed by atoms with Crippen molar-refractivity contribution >= 4 is 22.6 Å². The molecule has 0 spiro atoms. The lowest BCUT2D eigenvalue weighted by Gasteiger charge is -2.18. The van der Waals surface area contributed by atoms with Gasteiger partial charge in [-0.15, -0.1) is 0 Å². The Labute approximate surface area is 94.8 Å². The first kappa shape index (κ1) is 10.2. The quantitative estimate of drug-likeness (QED) is 0.570. The molecule has 0 aliphatic heterocycles. The van der Waals surface area contributed by atoms with Crippen LogP contribution in [0.5, 0.6) is 0 Å². The molecule has 2 rings (SSSR count). The van der Waals surface area contributed by atoms with Crippen LogP contribution in [0.15, 0.2) is 0 Å². The maximum atomic E-state index is 5.97. The summed E-state index contributed by atoms with van der Waals surface area (Å²) in [7, 11) is 0. The third-order valence-electron chi connectivity index (χ3n) is 3.37. The highest BCUT2D eigenvalue weighted by Crippen LogP contribution is 2.37. The zero-order valence-corrected chi connectivity index (χ0v) is 10.5. The van der Waals surface area contributed by atoms with Crippen LogP contribution in [-0.2, 0) is 4.74 Å². The van der Waals surface area contributed by atoms with Gasteiger partial charge in [-0.3, -0.25) is 0 Å². The van der Waals surface area contributed by atoms with Crippen LogP contribution in [0.1, 0.15) is 39.0 Å². The Bertz CT molecular complexity index is 167. The van der Waals surface area contributed by atoms with E-state index in [0.717, 1.165) is 22.4 Å². The Hall–Kier alpha value is 0.690. The van der Waals surface area contributed by atoms with Gasteiger partial charge in [0.15, 0.2) is 0 Å². The van der Waals surface area contributed by atoms with Gasteiger partial charge >= 0.3 is 0 Å². The van der Waals surface area contributed by atoms with Crippen molar-refractivity contribution in [1.82, 2.24) is 0 Å². The van der Waals surface area contributed by atoms with E-state index in [2.05, 4.69) is 29.5 Å². The van der Waals surface area contributed by atoms with Crippen LogP contribution in [0, 0.1) is 11.8 Å². The minimum Gasteiger partial charge on any atom is -0.377 e. The average Bonchev–Trinajstić information content (AvgIpc) is 2.88. The Morgan fingerprint density at radius 2 is 2.08 bits per heavy atom. The summed E-state index contributed by atoms with van der Waals surface area (Å²) in [5, 5.41) is 0. The van der Waals surface area contributed by atoms with Gasteiger partial charge in [-0.2, -0.15) is 0 Å². The van der Waals surface area contributed by atoms with E-state index in [9.17, 15) is 0 Å². The third kappa shape index (κ3) is 2.82. The molecule has 3 unspecified atom stereocenters. The first-order valence-corrected chi connectivity index (χ1v) is 6.77. The molecule has 0 amide bonds. The zero-order valence-electron chi connectivity index (χ0n) is 8.34. The zero-order chi connectivity index (χ0) is 9.26. The molecular formula is C11H19IO. The Morgan fingerprint density at radius 3 is 2.62 bits per heavy atom. The summed E-state index contributed by atoms with van der Waals surface area (Å²) in [6, 6.07) is 0. The fraction of sp³-hybridized carbons (Fsp3) is 1.00. The maximum Gasteiger partial charge on any atom is 0.0692 e. The molecule has 0 N–H and O–H groups in total. The molecule has 0 bridgehead atoms. The fourth-order valence-electron chi connectivity index (χ4n) is 2.15. The number of rotatable bonds is 4. The van der Waals surface area contributed by atoms with Crippen LogP contribution in [-0.4, -0.2) is 16.6 Å². The van der Waals surface area contributed by atoms with Crippen molar-refractivity contribution in [1.29, 1.82) is 0 Å². The molecule has 0 aromatic carbocycles. The first-order chi connectivity index (χ1) is 6.27. The summed E-state index contributed by atoms with van der Waals surface area (Å²) in [6.07, 6.45) is 7.50. The standard InChI is InChI=1S/C11H19IO/c1-8(9-5-6-9)7-13-11-4-2-3-10(11)12/h8-11H,2-7H2,1H3. The topological polar surface area (TPSA) is 9.23 Å². The van der Waals surface area contributed by atoms with Crippen molar-refractivity contribution in [2.24, 2.45) is 11.8 Å². The van der Waals surface area contributed by atoms with Gasteiger partial charge in [-0.05, 0) is 43.9 Å². The molecule has 2 saturated carbocycles. The molecule has 0 aromatic heterocycles. The van der Waals surface area contributed by atoms with Gasteiger partial charge in [0.25, 0.3) is 0 Å². The van der Waals surface area contributed by atoms with E-state index >= 15 is 0 Å². The molecule has 1 nitrogen and oxygen atoms in total. The lowest BCUT2D eigenvalue weighted by molar-refractivity contribution is 0.0377. The summed E-state index contributed by atoms with van der Waals surface area (Å²) < 4.78 is 6.75. The second-order valence-electron chi connectivity index (χ2n) is 4.63. The Kier molecular flexibility index (Phi) is 3.52. The van der Waals surface area contributed by atoms with Crippen molar-refractivity contribution in [2.45, 2.75) is 49.1 Å². The van der Waals surface area contributed by atoms with Crippen LogP contribution in [0.2, 0.25) is 0 Å². The van der Waals surface area contributed by atoms with Gasteiger partial charge in [-0.1, -0.05) is 29.5 Å². The normalized spacial score (nSPS) is 36.5. The molecule has 2 heteroatoms. The van der Waals surface area contributed by atoms with Gasteiger partial charge in [0.1, 0.15) is 0 Å². The third-order valence-corrected chi connectivity index (χ3v) is 4.80. The molecule has 0 aromatic rings. The number of halogens is 1. The Balaban J connectivity index is 1.66. The highest BCUT2D eigenvalue weighted by atomic mass is 127. The molecule has 76 valence electrons. The molecule has 2 aliphatic carbocycles. The van der Waals surface area contributed by atoms with Gasteiger partial charge < -0.3 is 4.74 Å². The second-order valence-corrected chi connectivity index (χ2v) is 6.23. The van der Waals surface area contributed by atoms with E-state index in [0.29, 0.717) is 6.10 Å². The number of hydrogen-bond acceptors (Lipinski definition) is 1. The molecule has 2 fully saturated rings. The molecule has 2 aliphatic rings. The molecule has 0 heterocycles. The predicted octanol–water partition coefficient (Wildman–Crippen LogP) is 3.41. The van der Waals surface area contributed by atoms with Crippen LogP contribution < -0.4 is 0 Å². The first-order valence-electron chi connectivity index (χ1n) is 5.53. The Morgan fingerprint density at radius 1 is 1.31 bits per heavy atom. The molecule has 3 atom stereocenters. The largest absolute Gasteiger partial charge is 0.377 e. The number of hydrogen-bond donors (Lipinski definition) is 0. The molecule has 0 saturated heterocycles. The fourth-order valence-corrected chi connectivity index (χ4v) is 3.15. The molecule has 13 heavy (non-hydrogen) atoms. The van der Waals surface area contributed by atoms with E-state index in [1.807, 2.05) is 0 Å². The highest BCUT2D eigenvalue weighted by Gasteiger charge is 2.30. The van der Waals surface area contributed by atoms with Crippen LogP contribution in [0.3, 0.4) is 0 Å². The second kappa shape index (κ2) is 4.47. The summed E-state index contributed by atoms with van der Waals surface area (Å²) >= 11 is 2.55. The molecular weight excluding hydrogens is 275 g/mol. The van der Waals surface area contributed by atoms with E-state index < -0.39 is 0 Å². The highest BCUT2D eigenvalue weighted by molar-refractivity contribution is 14.1. The van der Waals surface area contributed by atoms with Crippen LogP contribution >= 0.6 is 22.6 Å². The van der Waals surface area contributed by atoms with E-state index in [1.165, 1.54) is 32.1 Å². The van der Waals surface area contributed by atoms with Crippen molar-refractivity contribution < 1.29 is 4.74 Å². The summed E-state index contributed by atoms with van der Waals surface area (Å²) in [5.41, 5.74) is 0. The van der Waals surface area contributed by atoms with Crippen molar-refractivity contribution in [3.63, 3.8) is 0 Å². The van der Waals surface area contributed by atoms with E-state index in [-0.39, 0.29) is 0 Å². The number of ether oxygens (including phenoxy) is 1. The average molecular weight is 294 g/mol. The predicted molar refractivity (Wildman–Crippen MR) is 63.3 cm³/mol. The van der Waals surface area contributed by atoms with Gasteiger partial charge in [0.2, 0.25) is 0 Å². The van der Waals surface area contributed by atoms with Gasteiger partial charge in [0.05, 0.1) is 6.10 Å². The minimum absolute atomic E-state index is 0.571.